The number of phenols is 2. The number of benzene rings is 1. The van der Waals surface area contributed by atoms with Crippen LogP contribution >= 0.6 is 0 Å². The van der Waals surface area contributed by atoms with Crippen molar-refractivity contribution in [3.63, 3.8) is 0 Å². The average Bonchev–Trinajstić information content (AvgIpc) is 2.28. The summed E-state index contributed by atoms with van der Waals surface area (Å²) in [5, 5.41) is 19.2. The molecule has 0 fully saturated rings. The molecule has 0 unspecified atom stereocenters. The van der Waals surface area contributed by atoms with E-state index < -0.39 is 27.3 Å². The van der Waals surface area contributed by atoms with Gasteiger partial charge >= 0.3 is 0 Å². The van der Waals surface area contributed by atoms with Crippen molar-refractivity contribution in [2.75, 3.05) is 13.6 Å². The normalized spacial score (nSPS) is 11.8. The molecule has 0 radical (unpaired) electrons. The Hall–Kier alpha value is -1.60. The Balaban J connectivity index is 3.43. The van der Waals surface area contributed by atoms with Gasteiger partial charge in [-0.3, -0.25) is 4.79 Å². The fourth-order valence-corrected chi connectivity index (χ4v) is 3.00. The molecule has 0 atom stereocenters. The number of nitrogens with zero attached hydrogens (tertiary/aromatic N) is 1. The molecule has 19 heavy (non-hydrogen) atoms. The second-order valence-corrected chi connectivity index (χ2v) is 6.23. The summed E-state index contributed by atoms with van der Waals surface area (Å²) in [6, 6.07) is 1.86. The van der Waals surface area contributed by atoms with E-state index in [9.17, 15) is 23.4 Å². The summed E-state index contributed by atoms with van der Waals surface area (Å²) in [6.45, 7) is 3.32. The lowest BCUT2D eigenvalue weighted by Gasteiger charge is -2.17. The predicted octanol–water partition coefficient (Wildman–Crippen LogP) is 1.33. The summed E-state index contributed by atoms with van der Waals surface area (Å²) in [5.74, 6) is -1.50. The number of hydrogen-bond acceptors (Lipinski definition) is 5. The highest BCUT2D eigenvalue weighted by Gasteiger charge is 2.26. The van der Waals surface area contributed by atoms with Crippen molar-refractivity contribution in [1.29, 1.82) is 0 Å². The van der Waals surface area contributed by atoms with Crippen LogP contribution in [0.15, 0.2) is 17.0 Å². The van der Waals surface area contributed by atoms with Crippen molar-refractivity contribution >= 4 is 15.8 Å². The molecule has 0 aliphatic heterocycles. The molecule has 0 heterocycles. The van der Waals surface area contributed by atoms with Crippen LogP contribution in [0.25, 0.3) is 0 Å². The molecule has 0 amide bonds. The molecule has 0 aliphatic carbocycles. The fourth-order valence-electron chi connectivity index (χ4n) is 1.65. The number of rotatable bonds is 5. The molecular weight excluding hydrogens is 270 g/mol. The van der Waals surface area contributed by atoms with Crippen molar-refractivity contribution < 1.29 is 23.4 Å². The maximum absolute atomic E-state index is 12.2. The fraction of sp³-hybridized carbons (Fsp3) is 0.417. The monoisotopic (exact) mass is 287 g/mol. The zero-order chi connectivity index (χ0) is 14.8. The van der Waals surface area contributed by atoms with Gasteiger partial charge in [-0.05, 0) is 19.4 Å². The topological polar surface area (TPSA) is 94.9 Å². The van der Waals surface area contributed by atoms with Gasteiger partial charge in [0.05, 0.1) is 5.56 Å². The van der Waals surface area contributed by atoms with Crippen LogP contribution in [0.3, 0.4) is 0 Å². The molecule has 0 saturated heterocycles. The van der Waals surface area contributed by atoms with Crippen LogP contribution in [0, 0.1) is 0 Å². The van der Waals surface area contributed by atoms with Crippen LogP contribution < -0.4 is 0 Å². The summed E-state index contributed by atoms with van der Waals surface area (Å²) in [5.41, 5.74) is -0.138. The van der Waals surface area contributed by atoms with E-state index in [4.69, 9.17) is 0 Å². The number of ketones is 1. The smallest absolute Gasteiger partial charge is 0.246 e. The summed E-state index contributed by atoms with van der Waals surface area (Å²) in [6.07, 6.45) is 0.619. The second-order valence-electron chi connectivity index (χ2n) is 4.22. The van der Waals surface area contributed by atoms with Gasteiger partial charge in [0, 0.05) is 19.7 Å². The van der Waals surface area contributed by atoms with Gasteiger partial charge in [0.1, 0.15) is 16.4 Å². The first kappa shape index (κ1) is 15.5. The van der Waals surface area contributed by atoms with Crippen LogP contribution in [0.2, 0.25) is 0 Å². The number of carbonyl (C=O) groups excluding carboxylic acids is 1. The highest BCUT2D eigenvalue weighted by Crippen LogP contribution is 2.32. The van der Waals surface area contributed by atoms with Gasteiger partial charge in [-0.1, -0.05) is 6.92 Å². The third-order valence-electron chi connectivity index (χ3n) is 2.68. The number of sulfonamides is 1. The lowest BCUT2D eigenvalue weighted by molar-refractivity contribution is 0.101. The van der Waals surface area contributed by atoms with E-state index in [1.807, 2.05) is 6.92 Å². The Labute approximate surface area is 112 Å². The number of hydrogen-bond donors (Lipinski definition) is 2. The molecule has 1 aromatic rings. The van der Waals surface area contributed by atoms with Crippen LogP contribution in [0.5, 0.6) is 11.5 Å². The largest absolute Gasteiger partial charge is 0.507 e. The van der Waals surface area contributed by atoms with Crippen LogP contribution in [-0.4, -0.2) is 42.3 Å². The third-order valence-corrected chi connectivity index (χ3v) is 4.57. The molecular formula is C12H17NO5S. The minimum atomic E-state index is -3.88. The maximum atomic E-state index is 12.2. The van der Waals surface area contributed by atoms with Crippen molar-refractivity contribution in [1.82, 2.24) is 4.31 Å². The predicted molar refractivity (Wildman–Crippen MR) is 69.9 cm³/mol. The first-order valence-electron chi connectivity index (χ1n) is 5.75. The lowest BCUT2D eigenvalue weighted by atomic mass is 10.1. The van der Waals surface area contributed by atoms with Gasteiger partial charge in [0.2, 0.25) is 10.0 Å². The quantitative estimate of drug-likeness (QED) is 0.797. The number of phenolic OH excluding ortho intramolecular Hbond substituents is 2. The molecule has 6 nitrogen and oxygen atoms in total. The van der Waals surface area contributed by atoms with Crippen LogP contribution in [0.1, 0.15) is 30.6 Å². The second kappa shape index (κ2) is 5.58. The van der Waals surface area contributed by atoms with Crippen LogP contribution in [-0.2, 0) is 10.0 Å². The van der Waals surface area contributed by atoms with Gasteiger partial charge in [-0.25, -0.2) is 12.7 Å². The zero-order valence-corrected chi connectivity index (χ0v) is 11.9. The first-order chi connectivity index (χ1) is 8.71. The lowest BCUT2D eigenvalue weighted by Crippen LogP contribution is -2.27. The van der Waals surface area contributed by atoms with E-state index in [-0.39, 0.29) is 17.0 Å². The minimum absolute atomic E-state index is 0.138. The third kappa shape index (κ3) is 3.05. The van der Waals surface area contributed by atoms with Crippen molar-refractivity contribution in [2.45, 2.75) is 25.2 Å². The molecule has 0 bridgehead atoms. The van der Waals surface area contributed by atoms with Gasteiger partial charge in [0.25, 0.3) is 0 Å². The van der Waals surface area contributed by atoms with Gasteiger partial charge < -0.3 is 10.2 Å². The number of Topliss-reactive ketones (excluding diaryl/α,β-unsaturated/α-hetero) is 1. The number of carbonyl (C=O) groups is 1. The van der Waals surface area contributed by atoms with E-state index in [1.165, 1.54) is 14.0 Å². The molecule has 0 spiro atoms. The Morgan fingerprint density at radius 2 is 1.84 bits per heavy atom. The van der Waals surface area contributed by atoms with Crippen molar-refractivity contribution in [3.8, 4) is 11.5 Å². The Kier molecular flexibility index (Phi) is 4.54. The molecule has 0 aliphatic rings. The number of aromatic hydroxyl groups is 2. The van der Waals surface area contributed by atoms with E-state index >= 15 is 0 Å². The van der Waals surface area contributed by atoms with Crippen molar-refractivity contribution in [3.05, 3.63) is 17.7 Å². The molecule has 0 aromatic heterocycles. The molecule has 2 N–H and O–H groups in total. The maximum Gasteiger partial charge on any atom is 0.246 e. The summed E-state index contributed by atoms with van der Waals surface area (Å²) >= 11 is 0. The standard InChI is InChI=1S/C12H17NO5S/c1-4-5-13(3)19(17,18)12-6-9(8(2)14)10(15)7-11(12)16/h6-7,15-16H,4-5H2,1-3H3. The molecule has 7 heteroatoms. The van der Waals surface area contributed by atoms with E-state index in [0.717, 1.165) is 16.4 Å². The zero-order valence-electron chi connectivity index (χ0n) is 11.0. The molecule has 1 aromatic carbocycles. The van der Waals surface area contributed by atoms with E-state index in [2.05, 4.69) is 0 Å². The Morgan fingerprint density at radius 3 is 2.32 bits per heavy atom. The first-order valence-corrected chi connectivity index (χ1v) is 7.19. The molecule has 0 saturated carbocycles. The Bertz CT molecular complexity index is 594. The van der Waals surface area contributed by atoms with Crippen molar-refractivity contribution in [2.24, 2.45) is 0 Å². The molecule has 1 rings (SSSR count). The van der Waals surface area contributed by atoms with E-state index in [1.54, 1.807) is 0 Å². The highest BCUT2D eigenvalue weighted by molar-refractivity contribution is 7.89. The highest BCUT2D eigenvalue weighted by atomic mass is 32.2. The summed E-state index contributed by atoms with van der Waals surface area (Å²) in [7, 11) is -2.50. The molecule has 106 valence electrons. The Morgan fingerprint density at radius 1 is 1.26 bits per heavy atom. The summed E-state index contributed by atoms with van der Waals surface area (Å²) < 4.78 is 25.5. The van der Waals surface area contributed by atoms with Crippen LogP contribution in [0.4, 0.5) is 0 Å². The minimum Gasteiger partial charge on any atom is -0.507 e. The van der Waals surface area contributed by atoms with E-state index in [0.29, 0.717) is 6.42 Å². The van der Waals surface area contributed by atoms with Gasteiger partial charge in [-0.15, -0.1) is 0 Å². The average molecular weight is 287 g/mol. The van der Waals surface area contributed by atoms with Gasteiger partial charge in [0.15, 0.2) is 5.78 Å². The van der Waals surface area contributed by atoms with Gasteiger partial charge in [-0.2, -0.15) is 0 Å². The SMILES string of the molecule is CCCN(C)S(=O)(=O)c1cc(C(C)=O)c(O)cc1O. The summed E-state index contributed by atoms with van der Waals surface area (Å²) in [4.78, 5) is 10.9.